The molecule has 2 aliphatic heterocycles. The SMILES string of the molecule is Cc1nc2ccccc2nc1N1CCC(C(=O)NCCCN2CCCC2)CC1. The van der Waals surface area contributed by atoms with E-state index >= 15 is 0 Å². The zero-order valence-electron chi connectivity index (χ0n) is 16.9. The van der Waals surface area contributed by atoms with Crippen molar-refractivity contribution < 1.29 is 4.79 Å². The molecule has 3 heterocycles. The molecule has 1 N–H and O–H groups in total. The Balaban J connectivity index is 1.26. The first kappa shape index (κ1) is 19.1. The molecule has 1 aromatic carbocycles. The molecule has 0 saturated carbocycles. The molecule has 2 aliphatic rings. The lowest BCUT2D eigenvalue weighted by Gasteiger charge is -2.32. The monoisotopic (exact) mass is 381 g/mol. The maximum Gasteiger partial charge on any atom is 0.223 e. The molecule has 0 unspecified atom stereocenters. The van der Waals surface area contributed by atoms with E-state index in [1.54, 1.807) is 0 Å². The van der Waals surface area contributed by atoms with E-state index in [4.69, 9.17) is 9.97 Å². The molecule has 1 amide bonds. The smallest absolute Gasteiger partial charge is 0.223 e. The van der Waals surface area contributed by atoms with Crippen molar-refractivity contribution in [2.75, 3.05) is 44.2 Å². The highest BCUT2D eigenvalue weighted by Gasteiger charge is 2.26. The number of carbonyl (C=O) groups is 1. The number of carbonyl (C=O) groups excluding carboxylic acids is 1. The number of aryl methyl sites for hydroxylation is 1. The zero-order valence-corrected chi connectivity index (χ0v) is 16.9. The summed E-state index contributed by atoms with van der Waals surface area (Å²) in [7, 11) is 0. The molecule has 0 spiro atoms. The number of anilines is 1. The number of fused-ring (bicyclic) bond motifs is 1. The van der Waals surface area contributed by atoms with Gasteiger partial charge in [0.2, 0.25) is 5.91 Å². The van der Waals surface area contributed by atoms with Gasteiger partial charge in [-0.1, -0.05) is 12.1 Å². The number of hydrogen-bond acceptors (Lipinski definition) is 5. The highest BCUT2D eigenvalue weighted by atomic mass is 16.1. The van der Waals surface area contributed by atoms with E-state index < -0.39 is 0 Å². The Bertz CT molecular complexity index is 810. The molecule has 4 rings (SSSR count). The Morgan fingerprint density at radius 1 is 1.07 bits per heavy atom. The molecule has 6 heteroatoms. The maximum atomic E-state index is 12.5. The van der Waals surface area contributed by atoms with Crippen molar-refractivity contribution in [2.45, 2.75) is 39.0 Å². The second kappa shape index (κ2) is 8.86. The molecule has 150 valence electrons. The van der Waals surface area contributed by atoms with Gasteiger partial charge in [0.1, 0.15) is 0 Å². The van der Waals surface area contributed by atoms with E-state index in [-0.39, 0.29) is 11.8 Å². The second-order valence-electron chi connectivity index (χ2n) is 8.08. The summed E-state index contributed by atoms with van der Waals surface area (Å²) in [5.74, 6) is 1.31. The van der Waals surface area contributed by atoms with Crippen LogP contribution in [0.25, 0.3) is 11.0 Å². The first-order valence-corrected chi connectivity index (χ1v) is 10.7. The minimum atomic E-state index is 0.122. The van der Waals surface area contributed by atoms with Crippen LogP contribution in [0.5, 0.6) is 0 Å². The van der Waals surface area contributed by atoms with Gasteiger partial charge in [-0.05, 0) is 70.8 Å². The number of likely N-dealkylation sites (tertiary alicyclic amines) is 1. The number of benzene rings is 1. The molecule has 0 bridgehead atoms. The third-order valence-corrected chi connectivity index (χ3v) is 6.03. The number of rotatable bonds is 6. The Morgan fingerprint density at radius 3 is 2.46 bits per heavy atom. The van der Waals surface area contributed by atoms with Crippen LogP contribution in [-0.2, 0) is 4.79 Å². The Morgan fingerprint density at radius 2 is 1.75 bits per heavy atom. The second-order valence-corrected chi connectivity index (χ2v) is 8.08. The van der Waals surface area contributed by atoms with E-state index in [0.29, 0.717) is 0 Å². The van der Waals surface area contributed by atoms with Gasteiger partial charge in [0.05, 0.1) is 16.7 Å². The van der Waals surface area contributed by atoms with Crippen LogP contribution < -0.4 is 10.2 Å². The van der Waals surface area contributed by atoms with Gasteiger partial charge >= 0.3 is 0 Å². The predicted octanol–water partition coefficient (Wildman–Crippen LogP) is 2.76. The number of para-hydroxylation sites is 2. The van der Waals surface area contributed by atoms with E-state index in [2.05, 4.69) is 15.1 Å². The van der Waals surface area contributed by atoms with Crippen molar-refractivity contribution >= 4 is 22.8 Å². The van der Waals surface area contributed by atoms with Crippen molar-refractivity contribution in [1.29, 1.82) is 0 Å². The zero-order chi connectivity index (χ0) is 19.3. The van der Waals surface area contributed by atoms with Crippen LogP contribution in [0.3, 0.4) is 0 Å². The van der Waals surface area contributed by atoms with Crippen LogP contribution in [0, 0.1) is 12.8 Å². The van der Waals surface area contributed by atoms with Gasteiger partial charge in [0, 0.05) is 25.6 Å². The van der Waals surface area contributed by atoms with Gasteiger partial charge in [0.25, 0.3) is 0 Å². The average Bonchev–Trinajstić information content (AvgIpc) is 3.24. The van der Waals surface area contributed by atoms with Crippen molar-refractivity contribution in [3.63, 3.8) is 0 Å². The molecule has 6 nitrogen and oxygen atoms in total. The summed E-state index contributed by atoms with van der Waals surface area (Å²) in [4.78, 5) is 26.8. The van der Waals surface area contributed by atoms with E-state index in [0.717, 1.165) is 68.0 Å². The first-order valence-electron chi connectivity index (χ1n) is 10.7. The summed E-state index contributed by atoms with van der Waals surface area (Å²) in [5.41, 5.74) is 2.83. The van der Waals surface area contributed by atoms with Crippen LogP contribution in [-0.4, -0.2) is 60.0 Å². The van der Waals surface area contributed by atoms with Gasteiger partial charge in [-0.2, -0.15) is 0 Å². The maximum absolute atomic E-state index is 12.5. The van der Waals surface area contributed by atoms with E-state index in [1.807, 2.05) is 31.2 Å². The van der Waals surface area contributed by atoms with E-state index in [9.17, 15) is 4.79 Å². The highest BCUT2D eigenvalue weighted by Crippen LogP contribution is 2.25. The average molecular weight is 382 g/mol. The normalized spacial score (nSPS) is 18.7. The summed E-state index contributed by atoms with van der Waals surface area (Å²) < 4.78 is 0. The number of piperidine rings is 1. The van der Waals surface area contributed by atoms with Crippen molar-refractivity contribution in [3.05, 3.63) is 30.0 Å². The van der Waals surface area contributed by atoms with Crippen LogP contribution >= 0.6 is 0 Å². The molecule has 2 saturated heterocycles. The Kier molecular flexibility index (Phi) is 6.05. The first-order chi connectivity index (χ1) is 13.7. The summed E-state index contributed by atoms with van der Waals surface area (Å²) in [6.45, 7) is 8.10. The lowest BCUT2D eigenvalue weighted by atomic mass is 9.95. The lowest BCUT2D eigenvalue weighted by molar-refractivity contribution is -0.125. The number of aromatic nitrogens is 2. The summed E-state index contributed by atoms with van der Waals surface area (Å²) in [6, 6.07) is 7.99. The van der Waals surface area contributed by atoms with Crippen molar-refractivity contribution in [2.24, 2.45) is 5.92 Å². The number of nitrogens with zero attached hydrogens (tertiary/aromatic N) is 4. The molecule has 2 fully saturated rings. The molecule has 2 aromatic rings. The van der Waals surface area contributed by atoms with Crippen LogP contribution in [0.2, 0.25) is 0 Å². The standard InChI is InChI=1S/C22H31N5O/c1-17-21(25-20-8-3-2-7-19(20)24-17)27-15-9-18(10-16-27)22(28)23-11-6-14-26-12-4-5-13-26/h2-3,7-8,18H,4-6,9-16H2,1H3,(H,23,28). The summed E-state index contributed by atoms with van der Waals surface area (Å²) in [5, 5.41) is 3.15. The Hall–Kier alpha value is -2.21. The number of hydrogen-bond donors (Lipinski definition) is 1. The van der Waals surface area contributed by atoms with Crippen LogP contribution in [0.1, 0.15) is 37.8 Å². The third-order valence-electron chi connectivity index (χ3n) is 6.03. The molecule has 0 atom stereocenters. The molecule has 0 aliphatic carbocycles. The predicted molar refractivity (Wildman–Crippen MR) is 113 cm³/mol. The fourth-order valence-electron chi connectivity index (χ4n) is 4.40. The van der Waals surface area contributed by atoms with Gasteiger partial charge in [-0.3, -0.25) is 4.79 Å². The van der Waals surface area contributed by atoms with Gasteiger partial charge < -0.3 is 15.1 Å². The molecule has 1 aromatic heterocycles. The quantitative estimate of drug-likeness (QED) is 0.780. The molecular weight excluding hydrogens is 350 g/mol. The fraction of sp³-hybridized carbons (Fsp3) is 0.591. The molecule has 0 radical (unpaired) electrons. The fourth-order valence-corrected chi connectivity index (χ4v) is 4.40. The van der Waals surface area contributed by atoms with Gasteiger partial charge in [-0.15, -0.1) is 0 Å². The van der Waals surface area contributed by atoms with Crippen molar-refractivity contribution in [1.82, 2.24) is 20.2 Å². The highest BCUT2D eigenvalue weighted by molar-refractivity contribution is 5.79. The lowest BCUT2D eigenvalue weighted by Crippen LogP contribution is -2.41. The van der Waals surface area contributed by atoms with E-state index in [1.165, 1.54) is 25.9 Å². The van der Waals surface area contributed by atoms with Gasteiger partial charge in [0.15, 0.2) is 5.82 Å². The van der Waals surface area contributed by atoms with Crippen molar-refractivity contribution in [3.8, 4) is 0 Å². The largest absolute Gasteiger partial charge is 0.356 e. The topological polar surface area (TPSA) is 61.4 Å². The number of nitrogens with one attached hydrogen (secondary N) is 1. The van der Waals surface area contributed by atoms with Crippen LogP contribution in [0.15, 0.2) is 24.3 Å². The third kappa shape index (κ3) is 4.43. The minimum absolute atomic E-state index is 0.122. The van der Waals surface area contributed by atoms with Gasteiger partial charge in [-0.25, -0.2) is 9.97 Å². The number of amides is 1. The molecule has 28 heavy (non-hydrogen) atoms. The molecular formula is C22H31N5O. The minimum Gasteiger partial charge on any atom is -0.356 e. The Labute approximate surface area is 167 Å². The van der Waals surface area contributed by atoms with Crippen LogP contribution in [0.4, 0.5) is 5.82 Å². The summed E-state index contributed by atoms with van der Waals surface area (Å²) in [6.07, 6.45) is 5.46. The summed E-state index contributed by atoms with van der Waals surface area (Å²) >= 11 is 0.